The van der Waals surface area contributed by atoms with Gasteiger partial charge >= 0.3 is 0 Å². The molecule has 1 fully saturated rings. The van der Waals surface area contributed by atoms with Gasteiger partial charge in [0.2, 0.25) is 0 Å². The Balaban J connectivity index is 1.39. The van der Waals surface area contributed by atoms with Gasteiger partial charge in [-0.05, 0) is 62.5 Å². The standard InChI is InChI=1S/C21H29N3O/c1-17(20-8-5-11-22-15-20)23-14-18-9-12-24(13-10-18)16-21(25)19-6-3-2-4-7-19/h2-8,11,15,17-18,21,23,25H,9-10,12-14,16H2,1H3/t17-,21+/m1/s1. The Morgan fingerprint density at radius 1 is 1.12 bits per heavy atom. The first-order chi connectivity index (χ1) is 12.2. The maximum atomic E-state index is 10.4. The summed E-state index contributed by atoms with van der Waals surface area (Å²) < 4.78 is 0. The van der Waals surface area contributed by atoms with Crippen molar-refractivity contribution in [3.05, 3.63) is 66.0 Å². The average molecular weight is 339 g/mol. The van der Waals surface area contributed by atoms with Gasteiger partial charge in [-0.25, -0.2) is 0 Å². The van der Waals surface area contributed by atoms with Gasteiger partial charge in [-0.15, -0.1) is 0 Å². The number of hydrogen-bond donors (Lipinski definition) is 2. The van der Waals surface area contributed by atoms with Crippen LogP contribution in [0.3, 0.4) is 0 Å². The largest absolute Gasteiger partial charge is 0.387 e. The van der Waals surface area contributed by atoms with Crippen molar-refractivity contribution in [2.24, 2.45) is 5.92 Å². The fraction of sp³-hybridized carbons (Fsp3) is 0.476. The number of piperidine rings is 1. The summed E-state index contributed by atoms with van der Waals surface area (Å²) in [6, 6.07) is 14.4. The molecule has 25 heavy (non-hydrogen) atoms. The normalized spacial score (nSPS) is 18.8. The van der Waals surface area contributed by atoms with Crippen LogP contribution in [-0.2, 0) is 0 Å². The molecule has 1 saturated heterocycles. The molecule has 0 saturated carbocycles. The van der Waals surface area contributed by atoms with Crippen LogP contribution in [0.1, 0.15) is 43.0 Å². The Hall–Kier alpha value is -1.75. The number of aliphatic hydroxyl groups excluding tert-OH is 1. The zero-order valence-corrected chi connectivity index (χ0v) is 15.0. The number of pyridine rings is 1. The number of hydrogen-bond acceptors (Lipinski definition) is 4. The Morgan fingerprint density at radius 2 is 1.84 bits per heavy atom. The van der Waals surface area contributed by atoms with E-state index in [0.29, 0.717) is 12.0 Å². The van der Waals surface area contributed by atoms with Crippen LogP contribution in [-0.4, -0.2) is 41.2 Å². The van der Waals surface area contributed by atoms with Crippen molar-refractivity contribution >= 4 is 0 Å². The van der Waals surface area contributed by atoms with Gasteiger partial charge in [0.1, 0.15) is 0 Å². The van der Waals surface area contributed by atoms with E-state index < -0.39 is 0 Å². The number of nitrogens with zero attached hydrogens (tertiary/aromatic N) is 2. The molecule has 0 amide bonds. The summed E-state index contributed by atoms with van der Waals surface area (Å²) in [6.07, 6.45) is 5.74. The lowest BCUT2D eigenvalue weighted by atomic mass is 9.95. The SMILES string of the molecule is C[C@@H](NCC1CCN(C[C@H](O)c2ccccc2)CC1)c1cccnc1. The Morgan fingerprint density at radius 3 is 2.52 bits per heavy atom. The molecule has 2 heterocycles. The quantitative estimate of drug-likeness (QED) is 0.813. The van der Waals surface area contributed by atoms with E-state index in [1.807, 2.05) is 48.8 Å². The molecule has 0 unspecified atom stereocenters. The number of aliphatic hydroxyl groups is 1. The number of nitrogens with one attached hydrogen (secondary N) is 1. The third-order valence-electron chi connectivity index (χ3n) is 5.22. The van der Waals surface area contributed by atoms with Crippen molar-refractivity contribution in [1.82, 2.24) is 15.2 Å². The van der Waals surface area contributed by atoms with Crippen molar-refractivity contribution in [3.63, 3.8) is 0 Å². The lowest BCUT2D eigenvalue weighted by Crippen LogP contribution is -2.39. The molecular weight excluding hydrogens is 310 g/mol. The fourth-order valence-corrected chi connectivity index (χ4v) is 3.49. The van der Waals surface area contributed by atoms with Gasteiger partial charge in [0, 0.05) is 25.0 Å². The van der Waals surface area contributed by atoms with Gasteiger partial charge < -0.3 is 15.3 Å². The van der Waals surface area contributed by atoms with Crippen LogP contribution in [0.5, 0.6) is 0 Å². The van der Waals surface area contributed by atoms with Crippen LogP contribution in [0.15, 0.2) is 54.9 Å². The van der Waals surface area contributed by atoms with E-state index in [4.69, 9.17) is 0 Å². The second-order valence-electron chi connectivity index (χ2n) is 7.09. The summed E-state index contributed by atoms with van der Waals surface area (Å²) in [5, 5.41) is 14.0. The summed E-state index contributed by atoms with van der Waals surface area (Å²) in [5.74, 6) is 0.712. The summed E-state index contributed by atoms with van der Waals surface area (Å²) >= 11 is 0. The molecule has 134 valence electrons. The van der Waals surface area contributed by atoms with E-state index in [1.165, 1.54) is 18.4 Å². The Kier molecular flexibility index (Phi) is 6.56. The van der Waals surface area contributed by atoms with Gasteiger partial charge in [-0.3, -0.25) is 4.98 Å². The lowest BCUT2D eigenvalue weighted by Gasteiger charge is -2.33. The molecule has 3 rings (SSSR count). The third-order valence-corrected chi connectivity index (χ3v) is 5.22. The number of benzene rings is 1. The minimum Gasteiger partial charge on any atom is -0.387 e. The number of rotatable bonds is 7. The molecule has 4 nitrogen and oxygen atoms in total. The summed E-state index contributed by atoms with van der Waals surface area (Å²) in [6.45, 7) is 6.11. The lowest BCUT2D eigenvalue weighted by molar-refractivity contribution is 0.0888. The first-order valence-corrected chi connectivity index (χ1v) is 9.31. The topological polar surface area (TPSA) is 48.4 Å². The van der Waals surface area contributed by atoms with Crippen molar-refractivity contribution in [3.8, 4) is 0 Å². The highest BCUT2D eigenvalue weighted by Gasteiger charge is 2.22. The van der Waals surface area contributed by atoms with Gasteiger partial charge in [0.25, 0.3) is 0 Å². The van der Waals surface area contributed by atoms with Crippen molar-refractivity contribution < 1.29 is 5.11 Å². The zero-order chi connectivity index (χ0) is 17.5. The predicted octanol–water partition coefficient (Wildman–Crippen LogP) is 3.18. The van der Waals surface area contributed by atoms with Gasteiger partial charge in [-0.1, -0.05) is 36.4 Å². The molecular formula is C21H29N3O. The van der Waals surface area contributed by atoms with Crippen molar-refractivity contribution in [1.29, 1.82) is 0 Å². The first kappa shape index (κ1) is 18.1. The second kappa shape index (κ2) is 9.09. The van der Waals surface area contributed by atoms with E-state index in [-0.39, 0.29) is 6.10 Å². The zero-order valence-electron chi connectivity index (χ0n) is 15.0. The van der Waals surface area contributed by atoms with E-state index >= 15 is 0 Å². The van der Waals surface area contributed by atoms with Crippen LogP contribution in [0.4, 0.5) is 0 Å². The average Bonchev–Trinajstić information content (AvgIpc) is 2.68. The highest BCUT2D eigenvalue weighted by molar-refractivity contribution is 5.17. The maximum absolute atomic E-state index is 10.4. The molecule has 0 spiro atoms. The number of β-amino-alcohol motifs (C(OH)–C–C–N with tert-alkyl or cyclic N) is 1. The van der Waals surface area contributed by atoms with Crippen LogP contribution >= 0.6 is 0 Å². The molecule has 1 aliphatic rings. The van der Waals surface area contributed by atoms with Crippen LogP contribution < -0.4 is 5.32 Å². The minimum atomic E-state index is -0.388. The summed E-state index contributed by atoms with van der Waals surface area (Å²) in [4.78, 5) is 6.58. The summed E-state index contributed by atoms with van der Waals surface area (Å²) in [7, 11) is 0. The second-order valence-corrected chi connectivity index (χ2v) is 7.09. The van der Waals surface area contributed by atoms with Crippen LogP contribution in [0, 0.1) is 5.92 Å². The Labute approximate surface area is 150 Å². The van der Waals surface area contributed by atoms with Crippen molar-refractivity contribution in [2.75, 3.05) is 26.2 Å². The monoisotopic (exact) mass is 339 g/mol. The third kappa shape index (κ3) is 5.36. The minimum absolute atomic E-state index is 0.339. The molecule has 0 radical (unpaired) electrons. The summed E-state index contributed by atoms with van der Waals surface area (Å²) in [5.41, 5.74) is 2.25. The van der Waals surface area contributed by atoms with Crippen LogP contribution in [0.2, 0.25) is 0 Å². The number of likely N-dealkylation sites (tertiary alicyclic amines) is 1. The van der Waals surface area contributed by atoms with Gasteiger partial charge in [-0.2, -0.15) is 0 Å². The van der Waals surface area contributed by atoms with Gasteiger partial charge in [0.05, 0.1) is 6.10 Å². The van der Waals surface area contributed by atoms with Gasteiger partial charge in [0.15, 0.2) is 0 Å². The molecule has 2 atom stereocenters. The maximum Gasteiger partial charge on any atom is 0.0916 e. The molecule has 4 heteroatoms. The molecule has 2 aromatic rings. The smallest absolute Gasteiger partial charge is 0.0916 e. The molecule has 0 aliphatic carbocycles. The highest BCUT2D eigenvalue weighted by Crippen LogP contribution is 2.21. The molecule has 1 aliphatic heterocycles. The van der Waals surface area contributed by atoms with E-state index in [9.17, 15) is 5.11 Å². The predicted molar refractivity (Wildman–Crippen MR) is 101 cm³/mol. The number of aromatic nitrogens is 1. The van der Waals surface area contributed by atoms with Crippen molar-refractivity contribution in [2.45, 2.75) is 31.9 Å². The van der Waals surface area contributed by atoms with E-state index in [2.05, 4.69) is 28.2 Å². The molecule has 1 aromatic heterocycles. The molecule has 0 bridgehead atoms. The van der Waals surface area contributed by atoms with E-state index in [0.717, 1.165) is 31.7 Å². The highest BCUT2D eigenvalue weighted by atomic mass is 16.3. The molecule has 2 N–H and O–H groups in total. The van der Waals surface area contributed by atoms with E-state index in [1.54, 1.807) is 0 Å². The first-order valence-electron chi connectivity index (χ1n) is 9.31. The molecule has 1 aromatic carbocycles. The fourth-order valence-electron chi connectivity index (χ4n) is 3.49. The van der Waals surface area contributed by atoms with Crippen LogP contribution in [0.25, 0.3) is 0 Å². The Bertz CT molecular complexity index is 612.